The average molecular weight is 339 g/mol. The van der Waals surface area contributed by atoms with E-state index in [1.165, 1.54) is 0 Å². The summed E-state index contributed by atoms with van der Waals surface area (Å²) < 4.78 is 11.1. The monoisotopic (exact) mass is 339 g/mol. The Morgan fingerprint density at radius 2 is 2.04 bits per heavy atom. The first-order valence-electron chi connectivity index (χ1n) is 9.17. The minimum Gasteiger partial charge on any atom is -0.493 e. The second kappa shape index (κ2) is 5.86. The molecule has 0 radical (unpaired) electrons. The molecular formula is C19H21N3O3. The molecule has 1 saturated heterocycles. The minimum atomic E-state index is -0.139. The topological polar surface area (TPSA) is 68.5 Å². The van der Waals surface area contributed by atoms with Crippen molar-refractivity contribution in [1.29, 1.82) is 0 Å². The van der Waals surface area contributed by atoms with E-state index in [4.69, 9.17) is 9.26 Å². The summed E-state index contributed by atoms with van der Waals surface area (Å²) in [5.74, 6) is 2.71. The smallest absolute Gasteiger partial charge is 0.231 e. The Balaban J connectivity index is 1.41. The summed E-state index contributed by atoms with van der Waals surface area (Å²) in [5.41, 5.74) is 0.996. The minimum absolute atomic E-state index is 0.0567. The van der Waals surface area contributed by atoms with Gasteiger partial charge in [0.15, 0.2) is 5.82 Å². The van der Waals surface area contributed by atoms with Crippen LogP contribution in [0.4, 0.5) is 0 Å². The Labute approximate surface area is 146 Å². The molecule has 2 atom stereocenters. The van der Waals surface area contributed by atoms with Crippen LogP contribution < -0.4 is 4.74 Å². The van der Waals surface area contributed by atoms with Gasteiger partial charge in [0.1, 0.15) is 5.75 Å². The summed E-state index contributed by atoms with van der Waals surface area (Å²) in [4.78, 5) is 19.8. The molecule has 3 aliphatic rings. The first-order chi connectivity index (χ1) is 12.3. The second-order valence-electron chi connectivity index (χ2n) is 7.18. The molecule has 1 aliphatic carbocycles. The van der Waals surface area contributed by atoms with Crippen LogP contribution in [0.3, 0.4) is 0 Å². The average Bonchev–Trinajstić information content (AvgIpc) is 3.19. The summed E-state index contributed by atoms with van der Waals surface area (Å²) in [7, 11) is 0. The zero-order valence-electron chi connectivity index (χ0n) is 14.1. The van der Waals surface area contributed by atoms with Crippen LogP contribution in [0.15, 0.2) is 28.8 Å². The van der Waals surface area contributed by atoms with Crippen molar-refractivity contribution in [3.05, 3.63) is 41.5 Å². The molecule has 1 saturated carbocycles. The highest BCUT2D eigenvalue weighted by Gasteiger charge is 2.39. The molecule has 2 unspecified atom stereocenters. The van der Waals surface area contributed by atoms with Gasteiger partial charge in [-0.1, -0.05) is 23.4 Å². The van der Waals surface area contributed by atoms with Gasteiger partial charge in [0.2, 0.25) is 11.8 Å². The van der Waals surface area contributed by atoms with Gasteiger partial charge in [-0.25, -0.2) is 0 Å². The molecule has 130 valence electrons. The molecule has 6 nitrogen and oxygen atoms in total. The van der Waals surface area contributed by atoms with Crippen LogP contribution in [0.1, 0.15) is 67.3 Å². The van der Waals surface area contributed by atoms with Gasteiger partial charge in [0.05, 0.1) is 18.6 Å². The Kier molecular flexibility index (Phi) is 3.50. The van der Waals surface area contributed by atoms with E-state index in [0.29, 0.717) is 18.3 Å². The number of rotatable bonds is 3. The maximum Gasteiger partial charge on any atom is 0.231 e. The zero-order chi connectivity index (χ0) is 16.8. The number of amides is 1. The van der Waals surface area contributed by atoms with Gasteiger partial charge in [0, 0.05) is 18.0 Å². The van der Waals surface area contributed by atoms with E-state index in [0.717, 1.165) is 55.9 Å². The number of para-hydroxylation sites is 1. The van der Waals surface area contributed by atoms with E-state index in [1.807, 2.05) is 29.2 Å². The largest absolute Gasteiger partial charge is 0.493 e. The lowest BCUT2D eigenvalue weighted by Gasteiger charge is -2.30. The molecule has 1 amide bonds. The predicted molar refractivity (Wildman–Crippen MR) is 89.3 cm³/mol. The lowest BCUT2D eigenvalue weighted by molar-refractivity contribution is -0.134. The highest BCUT2D eigenvalue weighted by molar-refractivity contribution is 5.85. The molecule has 0 bridgehead atoms. The summed E-state index contributed by atoms with van der Waals surface area (Å²) in [6.45, 7) is 1.34. The molecule has 3 heterocycles. The van der Waals surface area contributed by atoms with E-state index in [1.54, 1.807) is 0 Å². The Morgan fingerprint density at radius 1 is 1.16 bits per heavy atom. The molecule has 6 heteroatoms. The lowest BCUT2D eigenvalue weighted by atomic mass is 9.91. The number of benzene rings is 1. The van der Waals surface area contributed by atoms with Crippen LogP contribution in [-0.2, 0) is 4.79 Å². The van der Waals surface area contributed by atoms with Gasteiger partial charge in [-0.05, 0) is 38.2 Å². The second-order valence-corrected chi connectivity index (χ2v) is 7.18. The van der Waals surface area contributed by atoms with Crippen molar-refractivity contribution in [1.82, 2.24) is 15.0 Å². The SMILES string of the molecule is O=C(C1CCOc2ccccc21)N1CCCC1c1noc(C2CC2)n1. The van der Waals surface area contributed by atoms with Crippen molar-refractivity contribution in [2.75, 3.05) is 13.2 Å². The molecule has 1 aromatic carbocycles. The van der Waals surface area contributed by atoms with Crippen molar-refractivity contribution in [2.24, 2.45) is 0 Å². The van der Waals surface area contributed by atoms with Crippen LogP contribution in [0, 0.1) is 0 Å². The van der Waals surface area contributed by atoms with E-state index in [9.17, 15) is 4.79 Å². The maximum absolute atomic E-state index is 13.3. The fourth-order valence-electron chi connectivity index (χ4n) is 3.98. The van der Waals surface area contributed by atoms with Gasteiger partial charge in [-0.3, -0.25) is 4.79 Å². The summed E-state index contributed by atoms with van der Waals surface area (Å²) in [6, 6.07) is 7.80. The third-order valence-corrected chi connectivity index (χ3v) is 5.47. The van der Waals surface area contributed by atoms with Gasteiger partial charge in [0.25, 0.3) is 0 Å². The number of ether oxygens (including phenoxy) is 1. The molecule has 2 aliphatic heterocycles. The third kappa shape index (κ3) is 2.60. The predicted octanol–water partition coefficient (Wildman–Crippen LogP) is 3.18. The summed E-state index contributed by atoms with van der Waals surface area (Å²) >= 11 is 0. The van der Waals surface area contributed by atoms with Crippen molar-refractivity contribution in [2.45, 2.75) is 50.0 Å². The number of likely N-dealkylation sites (tertiary alicyclic amines) is 1. The van der Waals surface area contributed by atoms with Crippen molar-refractivity contribution in [3.8, 4) is 5.75 Å². The Morgan fingerprint density at radius 3 is 2.92 bits per heavy atom. The van der Waals surface area contributed by atoms with Crippen molar-refractivity contribution >= 4 is 5.91 Å². The molecule has 0 spiro atoms. The number of aromatic nitrogens is 2. The zero-order valence-corrected chi connectivity index (χ0v) is 14.1. The molecule has 2 aromatic rings. The van der Waals surface area contributed by atoms with Gasteiger partial charge in [-0.15, -0.1) is 0 Å². The molecule has 2 fully saturated rings. The number of carbonyl (C=O) groups is 1. The number of carbonyl (C=O) groups excluding carboxylic acids is 1. The normalized spacial score (nSPS) is 25.5. The maximum atomic E-state index is 13.3. The Hall–Kier alpha value is -2.37. The summed E-state index contributed by atoms with van der Waals surface area (Å²) in [6.07, 6.45) is 4.87. The first kappa shape index (κ1) is 14.9. The van der Waals surface area contributed by atoms with Gasteiger partial charge >= 0.3 is 0 Å². The molecule has 25 heavy (non-hydrogen) atoms. The molecule has 1 aromatic heterocycles. The van der Waals surface area contributed by atoms with E-state index in [-0.39, 0.29) is 17.9 Å². The first-order valence-corrected chi connectivity index (χ1v) is 9.17. The highest BCUT2D eigenvalue weighted by Crippen LogP contribution is 2.41. The number of hydrogen-bond donors (Lipinski definition) is 0. The van der Waals surface area contributed by atoms with Gasteiger partial charge < -0.3 is 14.2 Å². The lowest BCUT2D eigenvalue weighted by Crippen LogP contribution is -2.37. The van der Waals surface area contributed by atoms with E-state index in [2.05, 4.69) is 10.1 Å². The molecule has 5 rings (SSSR count). The van der Waals surface area contributed by atoms with Crippen LogP contribution >= 0.6 is 0 Å². The van der Waals surface area contributed by atoms with E-state index < -0.39 is 0 Å². The van der Waals surface area contributed by atoms with Crippen LogP contribution in [0.25, 0.3) is 0 Å². The fraction of sp³-hybridized carbons (Fsp3) is 0.526. The van der Waals surface area contributed by atoms with Crippen LogP contribution in [-0.4, -0.2) is 34.1 Å². The number of hydrogen-bond acceptors (Lipinski definition) is 5. The summed E-state index contributed by atoms with van der Waals surface area (Å²) in [5, 5.41) is 4.18. The number of nitrogens with zero attached hydrogens (tertiary/aromatic N) is 3. The van der Waals surface area contributed by atoms with Crippen LogP contribution in [0.2, 0.25) is 0 Å². The van der Waals surface area contributed by atoms with Crippen molar-refractivity contribution in [3.63, 3.8) is 0 Å². The molecular weight excluding hydrogens is 318 g/mol. The van der Waals surface area contributed by atoms with Gasteiger partial charge in [-0.2, -0.15) is 4.98 Å². The highest BCUT2D eigenvalue weighted by atomic mass is 16.5. The quantitative estimate of drug-likeness (QED) is 0.859. The standard InChI is InChI=1S/C19H21N3O3/c23-19(14-9-11-24-16-6-2-1-4-13(14)16)22-10-3-5-15(22)17-20-18(25-21-17)12-7-8-12/h1-2,4,6,12,14-15H,3,5,7-11H2. The third-order valence-electron chi connectivity index (χ3n) is 5.47. The number of fused-ring (bicyclic) bond motifs is 1. The fourth-order valence-corrected chi connectivity index (χ4v) is 3.98. The Bertz CT molecular complexity index is 799. The van der Waals surface area contributed by atoms with Crippen molar-refractivity contribution < 1.29 is 14.1 Å². The molecule has 0 N–H and O–H groups in total. The van der Waals surface area contributed by atoms with Crippen LogP contribution in [0.5, 0.6) is 5.75 Å². The van der Waals surface area contributed by atoms with E-state index >= 15 is 0 Å².